The summed E-state index contributed by atoms with van der Waals surface area (Å²) >= 11 is 0. The van der Waals surface area contributed by atoms with E-state index in [1.165, 1.54) is 29.2 Å². The average molecular weight is 363 g/mol. The third-order valence-corrected chi connectivity index (χ3v) is 4.01. The molecule has 1 amide bonds. The summed E-state index contributed by atoms with van der Waals surface area (Å²) in [6.45, 7) is 4.70. The van der Waals surface area contributed by atoms with E-state index in [9.17, 15) is 18.7 Å². The summed E-state index contributed by atoms with van der Waals surface area (Å²) in [6.07, 6.45) is -0.830. The second-order valence-corrected chi connectivity index (χ2v) is 6.56. The van der Waals surface area contributed by atoms with Crippen molar-refractivity contribution in [3.05, 3.63) is 35.6 Å². The van der Waals surface area contributed by atoms with E-state index in [1.807, 2.05) is 13.8 Å². The van der Waals surface area contributed by atoms with Gasteiger partial charge in [0, 0.05) is 19.5 Å². The van der Waals surface area contributed by atoms with Crippen molar-refractivity contribution >= 4 is 18.3 Å². The Morgan fingerprint density at radius 3 is 2.46 bits per heavy atom. The first-order valence-corrected chi connectivity index (χ1v) is 7.94. The largest absolute Gasteiger partial charge is 0.387 e. The molecule has 2 atom stereocenters. The standard InChI is InChI=1S/C17H24F2N2O2.ClH/c1-12(2)9-21(16(23)17(19)7-8-20-11-17)10-15(22)13-3-5-14(18)6-4-13;/h3-6,12,15,20,22H,7-11H2,1-2H3;1H. The van der Waals surface area contributed by atoms with E-state index in [0.29, 0.717) is 18.7 Å². The predicted molar refractivity (Wildman–Crippen MR) is 91.4 cm³/mol. The molecule has 2 N–H and O–H groups in total. The number of carbonyl (C=O) groups is 1. The maximum absolute atomic E-state index is 14.7. The molecular formula is C17H25ClF2N2O2. The average Bonchev–Trinajstić information content (AvgIpc) is 2.94. The van der Waals surface area contributed by atoms with Gasteiger partial charge < -0.3 is 15.3 Å². The Morgan fingerprint density at radius 1 is 1.33 bits per heavy atom. The molecular weight excluding hydrogens is 338 g/mol. The van der Waals surface area contributed by atoms with Crippen LogP contribution in [0.4, 0.5) is 8.78 Å². The summed E-state index contributed by atoms with van der Waals surface area (Å²) < 4.78 is 27.7. The van der Waals surface area contributed by atoms with Crippen molar-refractivity contribution in [2.45, 2.75) is 32.0 Å². The topological polar surface area (TPSA) is 52.6 Å². The fourth-order valence-electron chi connectivity index (χ4n) is 2.81. The van der Waals surface area contributed by atoms with Crippen molar-refractivity contribution in [2.24, 2.45) is 5.92 Å². The summed E-state index contributed by atoms with van der Waals surface area (Å²) in [7, 11) is 0. The Kier molecular flexibility index (Phi) is 7.57. The Morgan fingerprint density at radius 2 is 1.96 bits per heavy atom. The van der Waals surface area contributed by atoms with Crippen LogP contribution in [0.2, 0.25) is 0 Å². The molecule has 4 nitrogen and oxygen atoms in total. The molecule has 136 valence electrons. The van der Waals surface area contributed by atoms with Crippen LogP contribution in [-0.4, -0.2) is 47.8 Å². The monoisotopic (exact) mass is 362 g/mol. The van der Waals surface area contributed by atoms with E-state index in [4.69, 9.17) is 0 Å². The molecule has 2 rings (SSSR count). The lowest BCUT2D eigenvalue weighted by atomic mass is 10.0. The minimum Gasteiger partial charge on any atom is -0.387 e. The maximum Gasteiger partial charge on any atom is 0.261 e. The number of benzene rings is 1. The van der Waals surface area contributed by atoms with Crippen molar-refractivity contribution < 1.29 is 18.7 Å². The Hall–Kier alpha value is -1.24. The first kappa shape index (κ1) is 20.8. The molecule has 0 aromatic heterocycles. The van der Waals surface area contributed by atoms with Crippen LogP contribution in [0.3, 0.4) is 0 Å². The Bertz CT molecular complexity index is 534. The zero-order chi connectivity index (χ0) is 17.0. The normalized spacial score (nSPS) is 21.4. The molecule has 1 aromatic carbocycles. The fourth-order valence-corrected chi connectivity index (χ4v) is 2.81. The van der Waals surface area contributed by atoms with Gasteiger partial charge in [-0.15, -0.1) is 12.4 Å². The van der Waals surface area contributed by atoms with Gasteiger partial charge in [0.2, 0.25) is 5.67 Å². The zero-order valence-corrected chi connectivity index (χ0v) is 14.8. The van der Waals surface area contributed by atoms with Gasteiger partial charge in [0.05, 0.1) is 12.6 Å². The molecule has 0 spiro atoms. The van der Waals surface area contributed by atoms with Crippen LogP contribution in [0.5, 0.6) is 0 Å². The van der Waals surface area contributed by atoms with Crippen molar-refractivity contribution in [3.63, 3.8) is 0 Å². The summed E-state index contributed by atoms with van der Waals surface area (Å²) in [6, 6.07) is 5.45. The van der Waals surface area contributed by atoms with Crippen LogP contribution in [0.1, 0.15) is 31.9 Å². The third-order valence-electron chi connectivity index (χ3n) is 4.01. The number of carbonyl (C=O) groups excluding carboxylic acids is 1. The number of halogens is 3. The van der Waals surface area contributed by atoms with Gasteiger partial charge in [-0.3, -0.25) is 4.79 Å². The Labute approximate surface area is 147 Å². The molecule has 0 saturated carbocycles. The highest BCUT2D eigenvalue weighted by Gasteiger charge is 2.44. The molecule has 1 fully saturated rings. The van der Waals surface area contributed by atoms with Gasteiger partial charge in [0.1, 0.15) is 5.82 Å². The lowest BCUT2D eigenvalue weighted by molar-refractivity contribution is -0.145. The number of aliphatic hydroxyl groups is 1. The number of amides is 1. The van der Waals surface area contributed by atoms with Crippen LogP contribution < -0.4 is 5.32 Å². The van der Waals surface area contributed by atoms with E-state index >= 15 is 0 Å². The van der Waals surface area contributed by atoms with Gasteiger partial charge in [-0.1, -0.05) is 26.0 Å². The first-order valence-electron chi connectivity index (χ1n) is 7.94. The van der Waals surface area contributed by atoms with Gasteiger partial charge in [0.15, 0.2) is 0 Å². The van der Waals surface area contributed by atoms with E-state index < -0.39 is 23.5 Å². The van der Waals surface area contributed by atoms with Crippen molar-refractivity contribution in [1.29, 1.82) is 0 Å². The fraction of sp³-hybridized carbons (Fsp3) is 0.588. The summed E-state index contributed by atoms with van der Waals surface area (Å²) in [4.78, 5) is 13.9. The van der Waals surface area contributed by atoms with Gasteiger partial charge in [-0.05, 0) is 30.2 Å². The molecule has 1 saturated heterocycles. The number of hydrogen-bond donors (Lipinski definition) is 2. The molecule has 24 heavy (non-hydrogen) atoms. The zero-order valence-electron chi connectivity index (χ0n) is 14.0. The number of aliphatic hydroxyl groups excluding tert-OH is 1. The summed E-state index contributed by atoms with van der Waals surface area (Å²) in [5.74, 6) is -0.828. The van der Waals surface area contributed by atoms with Crippen LogP contribution >= 0.6 is 12.4 Å². The molecule has 0 radical (unpaired) electrons. The van der Waals surface area contributed by atoms with Crippen molar-refractivity contribution in [1.82, 2.24) is 10.2 Å². The van der Waals surface area contributed by atoms with Crippen molar-refractivity contribution in [2.75, 3.05) is 26.2 Å². The Balaban J connectivity index is 0.00000288. The van der Waals surface area contributed by atoms with Gasteiger partial charge in [-0.2, -0.15) is 0 Å². The van der Waals surface area contributed by atoms with Gasteiger partial charge >= 0.3 is 0 Å². The highest BCUT2D eigenvalue weighted by atomic mass is 35.5. The lowest BCUT2D eigenvalue weighted by Gasteiger charge is -2.31. The molecule has 0 aliphatic carbocycles. The maximum atomic E-state index is 14.7. The molecule has 1 heterocycles. The number of rotatable bonds is 6. The predicted octanol–water partition coefficient (Wildman–Crippen LogP) is 2.47. The van der Waals surface area contributed by atoms with Gasteiger partial charge in [0.25, 0.3) is 5.91 Å². The molecule has 1 aromatic rings. The van der Waals surface area contributed by atoms with Crippen LogP contribution in [-0.2, 0) is 4.79 Å². The third kappa shape index (κ3) is 5.13. The quantitative estimate of drug-likeness (QED) is 0.817. The van der Waals surface area contributed by atoms with E-state index in [2.05, 4.69) is 5.32 Å². The van der Waals surface area contributed by atoms with Crippen LogP contribution in [0, 0.1) is 11.7 Å². The molecule has 1 aliphatic heterocycles. The minimum absolute atomic E-state index is 0. The van der Waals surface area contributed by atoms with E-state index in [0.717, 1.165) is 0 Å². The van der Waals surface area contributed by atoms with E-state index in [1.54, 1.807) is 0 Å². The summed E-state index contributed by atoms with van der Waals surface area (Å²) in [5, 5.41) is 13.2. The van der Waals surface area contributed by atoms with Crippen LogP contribution in [0.15, 0.2) is 24.3 Å². The number of nitrogens with one attached hydrogen (secondary N) is 1. The lowest BCUT2D eigenvalue weighted by Crippen LogP contribution is -2.49. The molecule has 1 aliphatic rings. The molecule has 7 heteroatoms. The summed E-state index contributed by atoms with van der Waals surface area (Å²) in [5.41, 5.74) is -1.40. The highest BCUT2D eigenvalue weighted by Crippen LogP contribution is 2.25. The van der Waals surface area contributed by atoms with Gasteiger partial charge in [-0.25, -0.2) is 8.78 Å². The molecule has 2 unspecified atom stereocenters. The SMILES string of the molecule is CC(C)CN(CC(O)c1ccc(F)cc1)C(=O)C1(F)CCNC1.Cl. The highest BCUT2D eigenvalue weighted by molar-refractivity contribution is 5.86. The molecule has 0 bridgehead atoms. The van der Waals surface area contributed by atoms with E-state index in [-0.39, 0.29) is 37.8 Å². The number of hydrogen-bond acceptors (Lipinski definition) is 3. The minimum atomic E-state index is -1.91. The number of nitrogens with zero attached hydrogens (tertiary/aromatic N) is 1. The van der Waals surface area contributed by atoms with Crippen molar-refractivity contribution in [3.8, 4) is 0 Å². The second kappa shape index (κ2) is 8.74. The number of alkyl halides is 1. The first-order chi connectivity index (χ1) is 10.8. The van der Waals surface area contributed by atoms with Crippen LogP contribution in [0.25, 0.3) is 0 Å². The smallest absolute Gasteiger partial charge is 0.261 e. The second-order valence-electron chi connectivity index (χ2n) is 6.56.